The van der Waals surface area contributed by atoms with Crippen molar-refractivity contribution >= 4 is 26.8 Å². The standard InChI is InChI=1S/C22H33N5O3S/c1-15(2)27-21-19(13-23-27)18(12-20(24-21)16-6-7-16)22(28)26(10-5-9-25(3)4)17-8-11-31(29,30)14-17/h12-13,15-17H,5-11,14H2,1-4H3. The van der Waals surface area contributed by atoms with E-state index in [1.54, 1.807) is 11.1 Å². The van der Waals surface area contributed by atoms with E-state index in [4.69, 9.17) is 4.98 Å². The Kier molecular flexibility index (Phi) is 6.09. The summed E-state index contributed by atoms with van der Waals surface area (Å²) in [6.07, 6.45) is 5.22. The lowest BCUT2D eigenvalue weighted by Crippen LogP contribution is -2.42. The van der Waals surface area contributed by atoms with Crippen molar-refractivity contribution in [3.63, 3.8) is 0 Å². The second kappa shape index (κ2) is 8.50. The average molecular weight is 448 g/mol. The fourth-order valence-electron chi connectivity index (χ4n) is 4.36. The third kappa shape index (κ3) is 4.77. The largest absolute Gasteiger partial charge is 0.335 e. The fraction of sp³-hybridized carbons (Fsp3) is 0.682. The molecule has 31 heavy (non-hydrogen) atoms. The maximum atomic E-state index is 13.9. The molecule has 3 heterocycles. The van der Waals surface area contributed by atoms with Gasteiger partial charge < -0.3 is 9.80 Å². The van der Waals surface area contributed by atoms with Crippen molar-refractivity contribution in [1.82, 2.24) is 24.6 Å². The van der Waals surface area contributed by atoms with Crippen molar-refractivity contribution in [2.24, 2.45) is 0 Å². The SMILES string of the molecule is CC(C)n1ncc2c(C(=O)N(CCCN(C)C)C3CCS(=O)(=O)C3)cc(C3CC3)nc21. The van der Waals surface area contributed by atoms with Crippen LogP contribution in [-0.4, -0.2) is 83.6 Å². The molecule has 8 nitrogen and oxygen atoms in total. The first kappa shape index (κ1) is 22.2. The second-order valence-electron chi connectivity index (χ2n) is 9.50. The zero-order valence-corrected chi connectivity index (χ0v) is 19.7. The van der Waals surface area contributed by atoms with E-state index in [0.717, 1.165) is 42.5 Å². The lowest BCUT2D eigenvalue weighted by Gasteiger charge is -2.29. The Morgan fingerprint density at radius 1 is 1.23 bits per heavy atom. The number of rotatable bonds is 8. The van der Waals surface area contributed by atoms with Crippen LogP contribution >= 0.6 is 0 Å². The molecule has 4 rings (SSSR count). The molecule has 0 bridgehead atoms. The molecule has 9 heteroatoms. The maximum absolute atomic E-state index is 13.9. The van der Waals surface area contributed by atoms with Crippen LogP contribution in [0.5, 0.6) is 0 Å². The minimum Gasteiger partial charge on any atom is -0.335 e. The van der Waals surface area contributed by atoms with E-state index in [9.17, 15) is 13.2 Å². The molecule has 2 aliphatic rings. The van der Waals surface area contributed by atoms with Gasteiger partial charge in [0.1, 0.15) is 0 Å². The number of hydrogen-bond donors (Lipinski definition) is 0. The molecule has 1 saturated carbocycles. The Bertz CT molecular complexity index is 1070. The summed E-state index contributed by atoms with van der Waals surface area (Å²) in [6, 6.07) is 1.79. The number of nitrogens with zero attached hydrogens (tertiary/aromatic N) is 5. The summed E-state index contributed by atoms with van der Waals surface area (Å²) in [6.45, 7) is 5.48. The van der Waals surface area contributed by atoms with Gasteiger partial charge in [0, 0.05) is 30.2 Å². The highest BCUT2D eigenvalue weighted by molar-refractivity contribution is 7.91. The van der Waals surface area contributed by atoms with Gasteiger partial charge in [0.15, 0.2) is 15.5 Å². The summed E-state index contributed by atoms with van der Waals surface area (Å²) in [4.78, 5) is 22.6. The molecule has 1 aliphatic carbocycles. The van der Waals surface area contributed by atoms with Crippen LogP contribution in [0, 0.1) is 0 Å². The number of sulfone groups is 1. The van der Waals surface area contributed by atoms with Crippen LogP contribution in [-0.2, 0) is 9.84 Å². The van der Waals surface area contributed by atoms with Gasteiger partial charge in [-0.25, -0.2) is 18.1 Å². The minimum atomic E-state index is -3.09. The van der Waals surface area contributed by atoms with Gasteiger partial charge in [-0.2, -0.15) is 5.10 Å². The summed E-state index contributed by atoms with van der Waals surface area (Å²) in [5, 5.41) is 5.26. The van der Waals surface area contributed by atoms with E-state index >= 15 is 0 Å². The van der Waals surface area contributed by atoms with Crippen molar-refractivity contribution < 1.29 is 13.2 Å². The Morgan fingerprint density at radius 3 is 2.55 bits per heavy atom. The monoisotopic (exact) mass is 447 g/mol. The van der Waals surface area contributed by atoms with Crippen molar-refractivity contribution in [1.29, 1.82) is 0 Å². The van der Waals surface area contributed by atoms with Crippen LogP contribution in [0.4, 0.5) is 0 Å². The summed E-state index contributed by atoms with van der Waals surface area (Å²) < 4.78 is 26.2. The van der Waals surface area contributed by atoms with Crippen molar-refractivity contribution in [3.8, 4) is 0 Å². The molecule has 2 aromatic rings. The minimum absolute atomic E-state index is 0.0513. The van der Waals surface area contributed by atoms with Gasteiger partial charge in [-0.15, -0.1) is 0 Å². The first-order chi connectivity index (χ1) is 14.7. The normalized spacial score (nSPS) is 20.8. The highest BCUT2D eigenvalue weighted by Gasteiger charge is 2.36. The van der Waals surface area contributed by atoms with Gasteiger partial charge in [-0.05, 0) is 66.2 Å². The van der Waals surface area contributed by atoms with Gasteiger partial charge >= 0.3 is 0 Å². The molecule has 1 atom stereocenters. The van der Waals surface area contributed by atoms with Crippen LogP contribution in [0.15, 0.2) is 12.3 Å². The van der Waals surface area contributed by atoms with E-state index in [2.05, 4.69) is 23.8 Å². The maximum Gasteiger partial charge on any atom is 0.255 e. The molecule has 1 aliphatic heterocycles. The zero-order valence-electron chi connectivity index (χ0n) is 18.9. The van der Waals surface area contributed by atoms with Crippen molar-refractivity contribution in [2.75, 3.05) is 38.7 Å². The topological polar surface area (TPSA) is 88.4 Å². The average Bonchev–Trinajstić information content (AvgIpc) is 3.36. The number of aromatic nitrogens is 3. The van der Waals surface area contributed by atoms with Crippen LogP contribution in [0.25, 0.3) is 11.0 Å². The number of fused-ring (bicyclic) bond motifs is 1. The Balaban J connectivity index is 1.73. The molecule has 0 radical (unpaired) electrons. The predicted molar refractivity (Wildman–Crippen MR) is 121 cm³/mol. The first-order valence-electron chi connectivity index (χ1n) is 11.2. The van der Waals surface area contributed by atoms with E-state index in [0.29, 0.717) is 24.4 Å². The molecule has 0 aromatic carbocycles. The van der Waals surface area contributed by atoms with Gasteiger partial charge in [-0.1, -0.05) is 0 Å². The lowest BCUT2D eigenvalue weighted by molar-refractivity contribution is 0.0692. The predicted octanol–water partition coefficient (Wildman–Crippen LogP) is 2.47. The van der Waals surface area contributed by atoms with Crippen LogP contribution < -0.4 is 0 Å². The van der Waals surface area contributed by atoms with E-state index < -0.39 is 9.84 Å². The number of carbonyl (C=O) groups excluding carboxylic acids is 1. The fourth-order valence-corrected chi connectivity index (χ4v) is 6.09. The molecule has 1 saturated heterocycles. The Hall–Kier alpha value is -2.00. The number of pyridine rings is 1. The smallest absolute Gasteiger partial charge is 0.255 e. The molecular formula is C22H33N5O3S. The number of hydrogen-bond acceptors (Lipinski definition) is 6. The highest BCUT2D eigenvalue weighted by Crippen LogP contribution is 2.40. The van der Waals surface area contributed by atoms with Gasteiger partial charge in [0.05, 0.1) is 28.7 Å². The van der Waals surface area contributed by atoms with Crippen LogP contribution in [0.3, 0.4) is 0 Å². The Labute approximate surface area is 184 Å². The number of amides is 1. The summed E-state index contributed by atoms with van der Waals surface area (Å²) in [7, 11) is 0.910. The molecule has 0 N–H and O–H groups in total. The van der Waals surface area contributed by atoms with Gasteiger partial charge in [0.2, 0.25) is 0 Å². The summed E-state index contributed by atoms with van der Waals surface area (Å²) >= 11 is 0. The van der Waals surface area contributed by atoms with E-state index in [-0.39, 0.29) is 29.5 Å². The number of carbonyl (C=O) groups is 1. The van der Waals surface area contributed by atoms with E-state index in [1.807, 2.05) is 24.8 Å². The zero-order chi connectivity index (χ0) is 22.3. The summed E-state index contributed by atoms with van der Waals surface area (Å²) in [5.74, 6) is 0.508. The molecular weight excluding hydrogens is 414 g/mol. The lowest BCUT2D eigenvalue weighted by atomic mass is 10.1. The molecule has 170 valence electrons. The highest BCUT2D eigenvalue weighted by atomic mass is 32.2. The quantitative estimate of drug-likeness (QED) is 0.618. The second-order valence-corrected chi connectivity index (χ2v) is 11.7. The van der Waals surface area contributed by atoms with Crippen LogP contribution in [0.1, 0.15) is 67.5 Å². The molecule has 2 fully saturated rings. The first-order valence-corrected chi connectivity index (χ1v) is 13.0. The summed E-state index contributed by atoms with van der Waals surface area (Å²) in [5.41, 5.74) is 2.30. The van der Waals surface area contributed by atoms with Crippen molar-refractivity contribution in [3.05, 3.63) is 23.5 Å². The molecule has 0 spiro atoms. The van der Waals surface area contributed by atoms with Gasteiger partial charge in [0.25, 0.3) is 5.91 Å². The van der Waals surface area contributed by atoms with Gasteiger partial charge in [-0.3, -0.25) is 4.79 Å². The third-order valence-electron chi connectivity index (χ3n) is 6.22. The molecule has 1 amide bonds. The molecule has 2 aromatic heterocycles. The van der Waals surface area contributed by atoms with Crippen molar-refractivity contribution in [2.45, 2.75) is 57.5 Å². The third-order valence-corrected chi connectivity index (χ3v) is 7.97. The molecule has 1 unspecified atom stereocenters. The van der Waals surface area contributed by atoms with Crippen LogP contribution in [0.2, 0.25) is 0 Å². The Morgan fingerprint density at radius 2 is 1.97 bits per heavy atom. The van der Waals surface area contributed by atoms with E-state index in [1.165, 1.54) is 0 Å².